The van der Waals surface area contributed by atoms with E-state index < -0.39 is 0 Å². The summed E-state index contributed by atoms with van der Waals surface area (Å²) < 4.78 is 5.78. The zero-order valence-electron chi connectivity index (χ0n) is 12.8. The van der Waals surface area contributed by atoms with Crippen molar-refractivity contribution in [3.8, 4) is 5.88 Å². The lowest BCUT2D eigenvalue weighted by molar-refractivity contribution is 0.286. The van der Waals surface area contributed by atoms with E-state index in [0.29, 0.717) is 0 Å². The summed E-state index contributed by atoms with van der Waals surface area (Å²) in [5, 5.41) is 3.34. The van der Waals surface area contributed by atoms with E-state index in [2.05, 4.69) is 50.1 Å². The molecule has 1 aromatic heterocycles. The number of aryl methyl sites for hydroxylation is 1. The molecule has 0 aromatic carbocycles. The molecule has 108 valence electrons. The number of hydrogen-bond donors (Lipinski definition) is 1. The molecule has 3 heteroatoms. The number of aromatic nitrogens is 1. The van der Waals surface area contributed by atoms with Crippen LogP contribution in [0.5, 0.6) is 5.88 Å². The fourth-order valence-electron chi connectivity index (χ4n) is 1.92. The number of nitrogens with zero attached hydrogens (tertiary/aromatic N) is 1. The van der Waals surface area contributed by atoms with Crippen LogP contribution in [0.2, 0.25) is 0 Å². The monoisotopic (exact) mass is 264 g/mol. The molecule has 1 heterocycles. The fourth-order valence-corrected chi connectivity index (χ4v) is 1.92. The first-order chi connectivity index (χ1) is 9.15. The van der Waals surface area contributed by atoms with Crippen molar-refractivity contribution in [3.05, 3.63) is 23.4 Å². The Bertz CT molecular complexity index is 364. The second-order valence-electron chi connectivity index (χ2n) is 5.32. The Morgan fingerprint density at radius 3 is 2.68 bits per heavy atom. The summed E-state index contributed by atoms with van der Waals surface area (Å²) >= 11 is 0. The van der Waals surface area contributed by atoms with Gasteiger partial charge in [0.25, 0.3) is 0 Å². The van der Waals surface area contributed by atoms with Gasteiger partial charge in [0, 0.05) is 18.3 Å². The maximum atomic E-state index is 5.78. The van der Waals surface area contributed by atoms with E-state index in [-0.39, 0.29) is 0 Å². The summed E-state index contributed by atoms with van der Waals surface area (Å²) in [6, 6.07) is 4.21. The molecule has 3 nitrogen and oxygen atoms in total. The van der Waals surface area contributed by atoms with Gasteiger partial charge in [-0.25, -0.2) is 4.98 Å². The van der Waals surface area contributed by atoms with Crippen molar-refractivity contribution in [2.75, 3.05) is 13.2 Å². The molecular weight excluding hydrogens is 236 g/mol. The molecule has 19 heavy (non-hydrogen) atoms. The van der Waals surface area contributed by atoms with E-state index in [4.69, 9.17) is 4.74 Å². The van der Waals surface area contributed by atoms with E-state index in [1.165, 1.54) is 12.0 Å². The lowest BCUT2D eigenvalue weighted by Crippen LogP contribution is -2.12. The third-order valence-corrected chi connectivity index (χ3v) is 3.03. The maximum Gasteiger partial charge on any atom is 0.213 e. The first-order valence-electron chi connectivity index (χ1n) is 7.49. The summed E-state index contributed by atoms with van der Waals surface area (Å²) in [5.74, 6) is 1.51. The predicted molar refractivity (Wildman–Crippen MR) is 80.6 cm³/mol. The van der Waals surface area contributed by atoms with Gasteiger partial charge in [-0.05, 0) is 43.4 Å². The van der Waals surface area contributed by atoms with E-state index in [1.807, 2.05) is 0 Å². The van der Waals surface area contributed by atoms with Crippen molar-refractivity contribution in [2.45, 2.75) is 53.5 Å². The van der Waals surface area contributed by atoms with Gasteiger partial charge < -0.3 is 10.1 Å². The number of hydrogen-bond acceptors (Lipinski definition) is 3. The highest BCUT2D eigenvalue weighted by Gasteiger charge is 2.03. The molecule has 0 spiro atoms. The van der Waals surface area contributed by atoms with Crippen LogP contribution in [0.4, 0.5) is 0 Å². The molecule has 0 fully saturated rings. The quantitative estimate of drug-likeness (QED) is 0.692. The smallest absolute Gasteiger partial charge is 0.213 e. The average Bonchev–Trinajstić information content (AvgIpc) is 2.41. The van der Waals surface area contributed by atoms with Crippen molar-refractivity contribution in [1.29, 1.82) is 0 Å². The van der Waals surface area contributed by atoms with Crippen LogP contribution in [-0.2, 0) is 13.0 Å². The van der Waals surface area contributed by atoms with Gasteiger partial charge in [0.05, 0.1) is 6.61 Å². The molecular formula is C16H28N2O. The molecule has 1 N–H and O–H groups in total. The summed E-state index contributed by atoms with van der Waals surface area (Å²) in [5.41, 5.74) is 2.36. The summed E-state index contributed by atoms with van der Waals surface area (Å²) in [6.45, 7) is 11.4. The van der Waals surface area contributed by atoms with E-state index in [9.17, 15) is 0 Å². The Labute approximate surface area is 117 Å². The van der Waals surface area contributed by atoms with Crippen LogP contribution in [0.15, 0.2) is 12.1 Å². The summed E-state index contributed by atoms with van der Waals surface area (Å²) in [6.07, 6.45) is 3.25. The molecule has 0 amide bonds. The normalized spacial score (nSPS) is 11.0. The van der Waals surface area contributed by atoms with E-state index in [0.717, 1.165) is 50.0 Å². The van der Waals surface area contributed by atoms with Crippen LogP contribution in [-0.4, -0.2) is 18.1 Å². The Morgan fingerprint density at radius 1 is 1.26 bits per heavy atom. The number of ether oxygens (including phenoxy) is 1. The molecule has 0 aliphatic rings. The molecule has 0 atom stereocenters. The SMILES string of the molecule is CCNCc1cc(CC)nc(OCCCC(C)C)c1. The van der Waals surface area contributed by atoms with Crippen molar-refractivity contribution < 1.29 is 4.74 Å². The van der Waals surface area contributed by atoms with Crippen molar-refractivity contribution in [1.82, 2.24) is 10.3 Å². The Kier molecular flexibility index (Phi) is 7.49. The number of rotatable bonds is 9. The third kappa shape index (κ3) is 6.58. The first kappa shape index (κ1) is 16.0. The number of pyridine rings is 1. The zero-order chi connectivity index (χ0) is 14.1. The molecule has 0 saturated carbocycles. The summed E-state index contributed by atoms with van der Waals surface area (Å²) in [7, 11) is 0. The molecule has 0 unspecified atom stereocenters. The van der Waals surface area contributed by atoms with Gasteiger partial charge in [-0.3, -0.25) is 0 Å². The zero-order valence-corrected chi connectivity index (χ0v) is 12.8. The van der Waals surface area contributed by atoms with Crippen molar-refractivity contribution in [3.63, 3.8) is 0 Å². The molecule has 1 aromatic rings. The third-order valence-electron chi connectivity index (χ3n) is 3.03. The second kappa shape index (κ2) is 8.92. The molecule has 1 rings (SSSR count). The highest BCUT2D eigenvalue weighted by molar-refractivity contribution is 5.25. The average molecular weight is 264 g/mol. The van der Waals surface area contributed by atoms with Gasteiger partial charge in [0.2, 0.25) is 5.88 Å². The topological polar surface area (TPSA) is 34.2 Å². The predicted octanol–water partition coefficient (Wildman–Crippen LogP) is 3.57. The lowest BCUT2D eigenvalue weighted by atomic mass is 10.1. The van der Waals surface area contributed by atoms with Gasteiger partial charge in [0.1, 0.15) is 0 Å². The largest absolute Gasteiger partial charge is 0.478 e. The van der Waals surface area contributed by atoms with Gasteiger partial charge in [-0.2, -0.15) is 0 Å². The summed E-state index contributed by atoms with van der Waals surface area (Å²) in [4.78, 5) is 4.53. The first-order valence-corrected chi connectivity index (χ1v) is 7.49. The maximum absolute atomic E-state index is 5.78. The Hall–Kier alpha value is -1.09. The van der Waals surface area contributed by atoms with Gasteiger partial charge in [-0.1, -0.05) is 27.7 Å². The fraction of sp³-hybridized carbons (Fsp3) is 0.688. The van der Waals surface area contributed by atoms with Crippen LogP contribution in [0.1, 0.15) is 51.8 Å². The molecule has 0 aliphatic heterocycles. The molecule has 0 saturated heterocycles. The van der Waals surface area contributed by atoms with Gasteiger partial charge in [-0.15, -0.1) is 0 Å². The van der Waals surface area contributed by atoms with Crippen molar-refractivity contribution >= 4 is 0 Å². The highest BCUT2D eigenvalue weighted by Crippen LogP contribution is 2.14. The lowest BCUT2D eigenvalue weighted by Gasteiger charge is -2.10. The van der Waals surface area contributed by atoms with Gasteiger partial charge in [0.15, 0.2) is 0 Å². The molecule has 0 bridgehead atoms. The standard InChI is InChI=1S/C16H28N2O/c1-5-15-10-14(12-17-6-2)11-16(18-15)19-9-7-8-13(3)4/h10-11,13,17H,5-9,12H2,1-4H3. The van der Waals surface area contributed by atoms with E-state index >= 15 is 0 Å². The van der Waals surface area contributed by atoms with Gasteiger partial charge >= 0.3 is 0 Å². The van der Waals surface area contributed by atoms with Crippen LogP contribution in [0, 0.1) is 5.92 Å². The Balaban J connectivity index is 2.55. The second-order valence-corrected chi connectivity index (χ2v) is 5.32. The van der Waals surface area contributed by atoms with Crippen molar-refractivity contribution in [2.24, 2.45) is 5.92 Å². The minimum absolute atomic E-state index is 0.739. The Morgan fingerprint density at radius 2 is 2.05 bits per heavy atom. The molecule has 0 radical (unpaired) electrons. The minimum atomic E-state index is 0.739. The van der Waals surface area contributed by atoms with Crippen LogP contribution < -0.4 is 10.1 Å². The highest BCUT2D eigenvalue weighted by atomic mass is 16.5. The number of nitrogens with one attached hydrogen (secondary N) is 1. The van der Waals surface area contributed by atoms with Crippen LogP contribution in [0.3, 0.4) is 0 Å². The minimum Gasteiger partial charge on any atom is -0.478 e. The van der Waals surface area contributed by atoms with Crippen LogP contribution >= 0.6 is 0 Å². The van der Waals surface area contributed by atoms with Crippen LogP contribution in [0.25, 0.3) is 0 Å². The molecule has 0 aliphatic carbocycles. The van der Waals surface area contributed by atoms with E-state index in [1.54, 1.807) is 0 Å².